The van der Waals surface area contributed by atoms with E-state index in [0.717, 1.165) is 37.8 Å². The van der Waals surface area contributed by atoms with Crippen molar-refractivity contribution in [1.29, 1.82) is 0 Å². The minimum absolute atomic E-state index is 0.0734. The highest BCUT2D eigenvalue weighted by molar-refractivity contribution is 7.93. The van der Waals surface area contributed by atoms with Gasteiger partial charge in [-0.15, -0.1) is 0 Å². The fraction of sp³-hybridized carbons (Fsp3) is 0.316. The second-order valence-corrected chi connectivity index (χ2v) is 8.48. The SMILES string of the molecule is O=C(O)CN(c1ccc(OC2CCCC2)cc1)S(=O)(=O)c1ccccc1[N+](=O)[O-]. The Morgan fingerprint density at radius 2 is 1.76 bits per heavy atom. The molecule has 0 radical (unpaired) electrons. The maximum Gasteiger partial charge on any atom is 0.324 e. The number of hydrogen-bond acceptors (Lipinski definition) is 6. The van der Waals surface area contributed by atoms with Gasteiger partial charge in [0.15, 0.2) is 4.90 Å². The Morgan fingerprint density at radius 3 is 2.34 bits per heavy atom. The Hall–Kier alpha value is -3.14. The summed E-state index contributed by atoms with van der Waals surface area (Å²) in [6, 6.07) is 10.8. The monoisotopic (exact) mass is 420 g/mol. The number of carboxylic acid groups (broad SMARTS) is 1. The molecule has 1 N–H and O–H groups in total. The molecule has 9 nitrogen and oxygen atoms in total. The Labute approximate surface area is 167 Å². The average molecular weight is 420 g/mol. The fourth-order valence-electron chi connectivity index (χ4n) is 3.27. The topological polar surface area (TPSA) is 127 Å². The van der Waals surface area contributed by atoms with E-state index in [-0.39, 0.29) is 11.8 Å². The predicted octanol–water partition coefficient (Wildman–Crippen LogP) is 3.20. The molecule has 0 heterocycles. The number of rotatable bonds is 8. The van der Waals surface area contributed by atoms with Gasteiger partial charge in [-0.1, -0.05) is 12.1 Å². The van der Waals surface area contributed by atoms with Gasteiger partial charge >= 0.3 is 5.97 Å². The molecule has 0 unspecified atom stereocenters. The smallest absolute Gasteiger partial charge is 0.324 e. The van der Waals surface area contributed by atoms with Crippen molar-refractivity contribution in [3.8, 4) is 5.75 Å². The third-order valence-electron chi connectivity index (χ3n) is 4.64. The summed E-state index contributed by atoms with van der Waals surface area (Å²) >= 11 is 0. The van der Waals surface area contributed by atoms with Gasteiger partial charge in [0.1, 0.15) is 12.3 Å². The van der Waals surface area contributed by atoms with Crippen LogP contribution in [0.15, 0.2) is 53.4 Å². The lowest BCUT2D eigenvalue weighted by atomic mass is 10.2. The van der Waals surface area contributed by atoms with E-state index in [1.54, 1.807) is 12.1 Å². The normalized spacial score (nSPS) is 14.5. The van der Waals surface area contributed by atoms with Gasteiger partial charge in [0.25, 0.3) is 15.7 Å². The molecular weight excluding hydrogens is 400 g/mol. The molecule has 29 heavy (non-hydrogen) atoms. The third-order valence-corrected chi connectivity index (χ3v) is 6.46. The van der Waals surface area contributed by atoms with Gasteiger partial charge in [0, 0.05) is 6.07 Å². The van der Waals surface area contributed by atoms with Crippen molar-refractivity contribution in [3.05, 3.63) is 58.6 Å². The van der Waals surface area contributed by atoms with Gasteiger partial charge in [0.05, 0.1) is 16.7 Å². The number of carbonyl (C=O) groups is 1. The van der Waals surface area contributed by atoms with E-state index in [4.69, 9.17) is 4.74 Å². The second kappa shape index (κ2) is 8.48. The van der Waals surface area contributed by atoms with Crippen LogP contribution < -0.4 is 9.04 Å². The summed E-state index contributed by atoms with van der Waals surface area (Å²) in [4.78, 5) is 21.2. The van der Waals surface area contributed by atoms with E-state index in [9.17, 15) is 28.4 Å². The summed E-state index contributed by atoms with van der Waals surface area (Å²) in [6.07, 6.45) is 4.23. The van der Waals surface area contributed by atoms with Gasteiger partial charge in [-0.2, -0.15) is 0 Å². The number of nitro benzene ring substituents is 1. The molecule has 0 saturated heterocycles. The number of aliphatic carboxylic acids is 1. The molecule has 1 fully saturated rings. The lowest BCUT2D eigenvalue weighted by molar-refractivity contribution is -0.387. The molecule has 1 aliphatic carbocycles. The molecule has 3 rings (SSSR count). The molecule has 10 heteroatoms. The zero-order chi connectivity index (χ0) is 21.0. The number of nitrogens with zero attached hydrogens (tertiary/aromatic N) is 2. The molecule has 0 amide bonds. The molecule has 0 spiro atoms. The first-order valence-corrected chi connectivity index (χ1v) is 10.5. The van der Waals surface area contributed by atoms with Crippen LogP contribution in [-0.4, -0.2) is 37.1 Å². The van der Waals surface area contributed by atoms with E-state index < -0.39 is 38.0 Å². The number of para-hydroxylation sites is 1. The summed E-state index contributed by atoms with van der Waals surface area (Å²) in [7, 11) is -4.49. The Morgan fingerprint density at radius 1 is 1.14 bits per heavy atom. The van der Waals surface area contributed by atoms with Crippen molar-refractivity contribution in [1.82, 2.24) is 0 Å². The van der Waals surface area contributed by atoms with Gasteiger partial charge in [-0.25, -0.2) is 8.42 Å². The minimum Gasteiger partial charge on any atom is -0.490 e. The van der Waals surface area contributed by atoms with E-state index >= 15 is 0 Å². The first-order valence-electron chi connectivity index (χ1n) is 9.03. The predicted molar refractivity (Wildman–Crippen MR) is 105 cm³/mol. The van der Waals surface area contributed by atoms with Crippen molar-refractivity contribution in [2.24, 2.45) is 0 Å². The number of carboxylic acids is 1. The van der Waals surface area contributed by atoms with E-state index in [0.29, 0.717) is 10.1 Å². The minimum atomic E-state index is -4.49. The van der Waals surface area contributed by atoms with E-state index in [2.05, 4.69) is 0 Å². The largest absolute Gasteiger partial charge is 0.490 e. The summed E-state index contributed by atoms with van der Waals surface area (Å²) in [5.74, 6) is -0.836. The average Bonchev–Trinajstić information content (AvgIpc) is 3.19. The lowest BCUT2D eigenvalue weighted by Gasteiger charge is -2.23. The van der Waals surface area contributed by atoms with Crippen LogP contribution in [0.2, 0.25) is 0 Å². The van der Waals surface area contributed by atoms with E-state index in [1.807, 2.05) is 0 Å². The first kappa shape index (κ1) is 20.6. The van der Waals surface area contributed by atoms with Crippen molar-refractivity contribution >= 4 is 27.4 Å². The van der Waals surface area contributed by atoms with Crippen LogP contribution >= 0.6 is 0 Å². The Bertz CT molecular complexity index is 999. The van der Waals surface area contributed by atoms with Crippen LogP contribution in [0.25, 0.3) is 0 Å². The van der Waals surface area contributed by atoms with Crippen molar-refractivity contribution in [2.45, 2.75) is 36.7 Å². The molecular formula is C19H20N2O7S. The molecule has 0 atom stereocenters. The maximum atomic E-state index is 13.1. The quantitative estimate of drug-likeness (QED) is 0.513. The molecule has 1 aliphatic rings. The summed E-state index contributed by atoms with van der Waals surface area (Å²) in [5.41, 5.74) is -0.548. The Balaban J connectivity index is 1.95. The summed E-state index contributed by atoms with van der Waals surface area (Å²) < 4.78 is 32.6. The standard InChI is InChI=1S/C19H20N2O7S/c22-19(23)13-20(29(26,27)18-8-4-3-7-17(18)21(24)25)14-9-11-16(12-10-14)28-15-5-1-2-6-15/h3-4,7-12,15H,1-2,5-6,13H2,(H,22,23). The molecule has 2 aromatic carbocycles. The van der Waals surface area contributed by atoms with Crippen LogP contribution in [-0.2, 0) is 14.8 Å². The zero-order valence-corrected chi connectivity index (χ0v) is 16.2. The maximum absolute atomic E-state index is 13.1. The van der Waals surface area contributed by atoms with Crippen LogP contribution in [0.3, 0.4) is 0 Å². The number of hydrogen-bond donors (Lipinski definition) is 1. The number of nitro groups is 1. The van der Waals surface area contributed by atoms with Crippen LogP contribution in [0.4, 0.5) is 11.4 Å². The molecule has 0 aliphatic heterocycles. The molecule has 2 aromatic rings. The van der Waals surface area contributed by atoms with Crippen LogP contribution in [0.1, 0.15) is 25.7 Å². The van der Waals surface area contributed by atoms with Gasteiger partial charge in [0.2, 0.25) is 0 Å². The fourth-order valence-corrected chi connectivity index (χ4v) is 4.85. The highest BCUT2D eigenvalue weighted by atomic mass is 32.2. The number of sulfonamides is 1. The number of anilines is 1. The second-order valence-electron chi connectivity index (χ2n) is 6.65. The first-order chi connectivity index (χ1) is 13.8. The summed E-state index contributed by atoms with van der Waals surface area (Å²) in [6.45, 7) is -0.878. The zero-order valence-electron chi connectivity index (χ0n) is 15.4. The highest BCUT2D eigenvalue weighted by Crippen LogP contribution is 2.31. The molecule has 0 aromatic heterocycles. The molecule has 0 bridgehead atoms. The van der Waals surface area contributed by atoms with Crippen molar-refractivity contribution in [2.75, 3.05) is 10.8 Å². The van der Waals surface area contributed by atoms with Crippen molar-refractivity contribution < 1.29 is 28.0 Å². The van der Waals surface area contributed by atoms with E-state index in [1.165, 1.54) is 24.3 Å². The van der Waals surface area contributed by atoms with Crippen LogP contribution in [0.5, 0.6) is 5.75 Å². The summed E-state index contributed by atoms with van der Waals surface area (Å²) in [5, 5.41) is 20.5. The molecule has 1 saturated carbocycles. The third kappa shape index (κ3) is 4.65. The van der Waals surface area contributed by atoms with Gasteiger partial charge in [-0.05, 0) is 56.0 Å². The van der Waals surface area contributed by atoms with Gasteiger partial charge in [-0.3, -0.25) is 19.2 Å². The Kier molecular flexibility index (Phi) is 6.02. The van der Waals surface area contributed by atoms with Gasteiger partial charge < -0.3 is 9.84 Å². The molecule has 154 valence electrons. The van der Waals surface area contributed by atoms with Crippen LogP contribution in [0, 0.1) is 10.1 Å². The lowest BCUT2D eigenvalue weighted by Crippen LogP contribution is -2.36. The highest BCUT2D eigenvalue weighted by Gasteiger charge is 2.33. The number of ether oxygens (including phenoxy) is 1. The van der Waals surface area contributed by atoms with Crippen molar-refractivity contribution in [3.63, 3.8) is 0 Å². The number of benzene rings is 2.